The number of hydrogen-bond donors (Lipinski definition) is 0. The van der Waals surface area contributed by atoms with Crippen molar-refractivity contribution in [2.24, 2.45) is 7.05 Å². The maximum atomic E-state index is 11.2. The van der Waals surface area contributed by atoms with Gasteiger partial charge in [-0.25, -0.2) is 4.98 Å². The van der Waals surface area contributed by atoms with E-state index in [1.165, 1.54) is 6.92 Å². The summed E-state index contributed by atoms with van der Waals surface area (Å²) in [6.07, 6.45) is -0.385. The number of hydrogen-bond acceptors (Lipinski definition) is 4. The fourth-order valence-corrected chi connectivity index (χ4v) is 3.75. The number of halogens is 1. The van der Waals surface area contributed by atoms with E-state index >= 15 is 0 Å². The minimum absolute atomic E-state index is 0.265. The van der Waals surface area contributed by atoms with Crippen LogP contribution in [-0.4, -0.2) is 15.5 Å². The highest BCUT2D eigenvalue weighted by Gasteiger charge is 2.23. The summed E-state index contributed by atoms with van der Waals surface area (Å²) in [6.45, 7) is 7.45. The highest BCUT2D eigenvalue weighted by Crippen LogP contribution is 2.36. The summed E-state index contributed by atoms with van der Waals surface area (Å²) in [5.74, 6) is 0.699. The van der Waals surface area contributed by atoms with Crippen LogP contribution in [0.15, 0.2) is 34.2 Å². The van der Waals surface area contributed by atoms with Crippen LogP contribution in [0.1, 0.15) is 51.2 Å². The minimum Gasteiger partial charge on any atom is -0.455 e. The smallest absolute Gasteiger partial charge is 0.303 e. The second kappa shape index (κ2) is 7.41. The second-order valence-corrected chi connectivity index (χ2v) is 7.18. The van der Waals surface area contributed by atoms with Gasteiger partial charge in [0.2, 0.25) is 0 Å². The van der Waals surface area contributed by atoms with E-state index in [9.17, 15) is 4.79 Å². The van der Waals surface area contributed by atoms with Gasteiger partial charge in [0.25, 0.3) is 0 Å². The van der Waals surface area contributed by atoms with Crippen molar-refractivity contribution in [3.05, 3.63) is 40.8 Å². The molecule has 0 saturated heterocycles. The van der Waals surface area contributed by atoms with Gasteiger partial charge in [0.1, 0.15) is 5.03 Å². The number of aromatic nitrogens is 2. The van der Waals surface area contributed by atoms with Gasteiger partial charge in [0.15, 0.2) is 11.9 Å². The molecule has 4 nitrogen and oxygen atoms in total. The molecule has 6 heteroatoms. The third-order valence-corrected chi connectivity index (χ3v) is 4.77. The Morgan fingerprint density at radius 2 is 2.04 bits per heavy atom. The van der Waals surface area contributed by atoms with E-state index < -0.39 is 0 Å². The van der Waals surface area contributed by atoms with Crippen molar-refractivity contribution in [3.63, 3.8) is 0 Å². The molecule has 2 rings (SSSR count). The zero-order valence-electron chi connectivity index (χ0n) is 14.0. The van der Waals surface area contributed by atoms with Crippen LogP contribution >= 0.6 is 23.4 Å². The summed E-state index contributed by atoms with van der Waals surface area (Å²) < 4.78 is 7.28. The van der Waals surface area contributed by atoms with Crippen LogP contribution in [0, 0.1) is 0 Å². The molecule has 1 aromatic carbocycles. The molecule has 23 heavy (non-hydrogen) atoms. The van der Waals surface area contributed by atoms with Gasteiger partial charge in [-0.05, 0) is 31.0 Å². The molecule has 1 atom stereocenters. The minimum atomic E-state index is -0.385. The standard InChI is InChI=1S/C17H21ClN2O2S/c1-10(2)15-17(23-14-8-6-7-13(18)9-14)20(5)16(19-15)11(3)22-12(4)21/h6-11H,1-5H3. The Balaban J connectivity index is 2.41. The highest BCUT2D eigenvalue weighted by atomic mass is 35.5. The van der Waals surface area contributed by atoms with Crippen molar-refractivity contribution in [3.8, 4) is 0 Å². The fraction of sp³-hybridized carbons (Fsp3) is 0.412. The van der Waals surface area contributed by atoms with Gasteiger partial charge in [0.05, 0.1) is 5.69 Å². The summed E-state index contributed by atoms with van der Waals surface area (Å²) in [7, 11) is 1.95. The Bertz CT molecular complexity index is 713. The van der Waals surface area contributed by atoms with Crippen molar-refractivity contribution in [2.75, 3.05) is 0 Å². The molecule has 0 fully saturated rings. The molecule has 0 amide bonds. The zero-order chi connectivity index (χ0) is 17.1. The van der Waals surface area contributed by atoms with Crippen LogP contribution in [0.4, 0.5) is 0 Å². The number of nitrogens with zero attached hydrogens (tertiary/aromatic N) is 2. The Morgan fingerprint density at radius 1 is 1.35 bits per heavy atom. The number of carbonyl (C=O) groups is 1. The molecule has 0 spiro atoms. The predicted octanol–water partition coefficient (Wildman–Crippen LogP) is 4.97. The van der Waals surface area contributed by atoms with E-state index in [0.29, 0.717) is 5.02 Å². The number of carbonyl (C=O) groups excluding carboxylic acids is 1. The molecule has 0 saturated carbocycles. The summed E-state index contributed by atoms with van der Waals surface area (Å²) in [6, 6.07) is 7.73. The maximum Gasteiger partial charge on any atom is 0.303 e. The summed E-state index contributed by atoms with van der Waals surface area (Å²) in [5, 5.41) is 1.74. The van der Waals surface area contributed by atoms with Crippen molar-refractivity contribution < 1.29 is 9.53 Å². The molecule has 0 N–H and O–H groups in total. The third kappa shape index (κ3) is 4.30. The first-order valence-corrected chi connectivity index (χ1v) is 8.66. The molecule has 0 aliphatic carbocycles. The van der Waals surface area contributed by atoms with E-state index in [1.807, 2.05) is 42.8 Å². The Hall–Kier alpha value is -1.46. The number of imidazole rings is 1. The van der Waals surface area contributed by atoms with Gasteiger partial charge in [-0.2, -0.15) is 0 Å². The average molecular weight is 353 g/mol. The molecule has 0 aliphatic rings. The monoisotopic (exact) mass is 352 g/mol. The SMILES string of the molecule is CC(=O)OC(C)c1nc(C(C)C)c(Sc2cccc(Cl)c2)n1C. The first-order chi connectivity index (χ1) is 10.8. The van der Waals surface area contributed by atoms with Gasteiger partial charge in [0, 0.05) is 23.9 Å². The van der Waals surface area contributed by atoms with E-state index in [1.54, 1.807) is 11.8 Å². The lowest BCUT2D eigenvalue weighted by Crippen LogP contribution is -2.10. The highest BCUT2D eigenvalue weighted by molar-refractivity contribution is 7.99. The average Bonchev–Trinajstić information content (AvgIpc) is 2.76. The Kier molecular flexibility index (Phi) is 5.76. The summed E-state index contributed by atoms with van der Waals surface area (Å²) >= 11 is 7.69. The first kappa shape index (κ1) is 17.9. The van der Waals surface area contributed by atoms with Crippen molar-refractivity contribution in [1.82, 2.24) is 9.55 Å². The van der Waals surface area contributed by atoms with E-state index in [0.717, 1.165) is 21.4 Å². The van der Waals surface area contributed by atoms with Crippen LogP contribution in [0.2, 0.25) is 5.02 Å². The van der Waals surface area contributed by atoms with Crippen molar-refractivity contribution in [1.29, 1.82) is 0 Å². The molecular weight excluding hydrogens is 332 g/mol. The van der Waals surface area contributed by atoms with Crippen LogP contribution in [0.3, 0.4) is 0 Å². The fourth-order valence-electron chi connectivity index (χ4n) is 2.33. The van der Waals surface area contributed by atoms with Gasteiger partial charge >= 0.3 is 5.97 Å². The number of benzene rings is 1. The zero-order valence-corrected chi connectivity index (χ0v) is 15.5. The largest absolute Gasteiger partial charge is 0.455 e. The normalized spacial score (nSPS) is 12.5. The summed E-state index contributed by atoms with van der Waals surface area (Å²) in [5.41, 5.74) is 0.992. The van der Waals surface area contributed by atoms with Gasteiger partial charge in [-0.15, -0.1) is 0 Å². The number of esters is 1. The molecule has 1 unspecified atom stereocenters. The molecule has 0 radical (unpaired) electrons. The number of rotatable bonds is 5. The molecule has 1 aromatic heterocycles. The maximum absolute atomic E-state index is 11.2. The van der Waals surface area contributed by atoms with E-state index in [-0.39, 0.29) is 18.0 Å². The molecular formula is C17H21ClN2O2S. The second-order valence-electron chi connectivity index (χ2n) is 5.69. The van der Waals surface area contributed by atoms with Crippen LogP contribution < -0.4 is 0 Å². The lowest BCUT2D eigenvalue weighted by Gasteiger charge is -2.12. The van der Waals surface area contributed by atoms with Crippen LogP contribution in [0.25, 0.3) is 0 Å². The van der Waals surface area contributed by atoms with E-state index in [2.05, 4.69) is 13.8 Å². The Labute approximate surface area is 146 Å². The Morgan fingerprint density at radius 3 is 2.61 bits per heavy atom. The van der Waals surface area contributed by atoms with Crippen LogP contribution in [0.5, 0.6) is 0 Å². The van der Waals surface area contributed by atoms with Crippen molar-refractivity contribution >= 4 is 29.3 Å². The van der Waals surface area contributed by atoms with Gasteiger partial charge in [-0.1, -0.05) is 43.3 Å². The van der Waals surface area contributed by atoms with E-state index in [4.69, 9.17) is 21.3 Å². The van der Waals surface area contributed by atoms with Crippen LogP contribution in [-0.2, 0) is 16.6 Å². The third-order valence-electron chi connectivity index (χ3n) is 3.37. The summed E-state index contributed by atoms with van der Waals surface area (Å²) in [4.78, 5) is 17.0. The quantitative estimate of drug-likeness (QED) is 0.712. The van der Waals surface area contributed by atoms with Gasteiger partial charge in [-0.3, -0.25) is 4.79 Å². The lowest BCUT2D eigenvalue weighted by atomic mass is 10.1. The van der Waals surface area contributed by atoms with Crippen molar-refractivity contribution in [2.45, 2.75) is 49.6 Å². The molecule has 2 aromatic rings. The molecule has 124 valence electrons. The number of ether oxygens (including phenoxy) is 1. The van der Waals surface area contributed by atoms with Gasteiger partial charge < -0.3 is 9.30 Å². The lowest BCUT2D eigenvalue weighted by molar-refractivity contribution is -0.146. The molecule has 1 heterocycles. The molecule has 0 aliphatic heterocycles. The predicted molar refractivity (Wildman–Crippen MR) is 93.1 cm³/mol. The first-order valence-electron chi connectivity index (χ1n) is 7.46. The topological polar surface area (TPSA) is 44.1 Å². The molecule has 0 bridgehead atoms.